The molecule has 4 aromatic rings. The minimum atomic E-state index is -0.129. The maximum Gasteiger partial charge on any atom is 0.251 e. The van der Waals surface area contributed by atoms with Gasteiger partial charge in [0.15, 0.2) is 0 Å². The highest BCUT2D eigenvalue weighted by molar-refractivity contribution is 6.31. The fourth-order valence-corrected chi connectivity index (χ4v) is 3.43. The number of carbonyl (C=O) groups is 1. The van der Waals surface area contributed by atoms with Gasteiger partial charge in [0.2, 0.25) is 0 Å². The van der Waals surface area contributed by atoms with Crippen LogP contribution in [0.1, 0.15) is 32.7 Å². The standard InChI is InChI=1S/C24H21ClN4O/c25-21-11-20-9-18(5-6-23(20)28-15-21)10-22-12-19(7-8-27-22)24(30)29-14-17-3-1-16(13-26)2-4-17/h1-9,11-12,15H,10,13-14,26H2,(H,29,30). The maximum atomic E-state index is 12.6. The Morgan fingerprint density at radius 2 is 1.70 bits per heavy atom. The van der Waals surface area contributed by atoms with Crippen LogP contribution >= 0.6 is 11.6 Å². The van der Waals surface area contributed by atoms with Crippen LogP contribution < -0.4 is 11.1 Å². The SMILES string of the molecule is NCc1ccc(CNC(=O)c2ccnc(Cc3ccc4ncc(Cl)cc4c3)c2)cc1. The van der Waals surface area contributed by atoms with Gasteiger partial charge in [0, 0.05) is 48.5 Å². The molecule has 5 nitrogen and oxygen atoms in total. The molecule has 4 rings (SSSR count). The van der Waals surface area contributed by atoms with Gasteiger partial charge in [-0.3, -0.25) is 14.8 Å². The molecule has 0 atom stereocenters. The first-order chi connectivity index (χ1) is 14.6. The van der Waals surface area contributed by atoms with Crippen molar-refractivity contribution in [1.82, 2.24) is 15.3 Å². The average molecular weight is 417 g/mol. The molecule has 1 amide bonds. The summed E-state index contributed by atoms with van der Waals surface area (Å²) >= 11 is 6.05. The molecule has 2 heterocycles. The van der Waals surface area contributed by atoms with Crippen molar-refractivity contribution in [3.05, 3.63) is 106 Å². The first-order valence-electron chi connectivity index (χ1n) is 9.66. The molecule has 2 aromatic heterocycles. The third kappa shape index (κ3) is 4.82. The van der Waals surface area contributed by atoms with Crippen LogP contribution in [0.5, 0.6) is 0 Å². The van der Waals surface area contributed by atoms with Crippen LogP contribution in [0.2, 0.25) is 5.02 Å². The van der Waals surface area contributed by atoms with E-state index in [-0.39, 0.29) is 5.91 Å². The van der Waals surface area contributed by atoms with E-state index in [2.05, 4.69) is 15.3 Å². The van der Waals surface area contributed by atoms with Gasteiger partial charge in [-0.1, -0.05) is 41.9 Å². The van der Waals surface area contributed by atoms with Gasteiger partial charge in [-0.15, -0.1) is 0 Å². The Morgan fingerprint density at radius 3 is 2.50 bits per heavy atom. The van der Waals surface area contributed by atoms with Crippen LogP contribution in [0.4, 0.5) is 0 Å². The number of fused-ring (bicyclic) bond motifs is 1. The Kier molecular flexibility index (Phi) is 6.02. The van der Waals surface area contributed by atoms with Gasteiger partial charge in [-0.25, -0.2) is 0 Å². The number of nitrogens with two attached hydrogens (primary N) is 1. The highest BCUT2D eigenvalue weighted by atomic mass is 35.5. The normalized spacial score (nSPS) is 10.9. The molecular formula is C24H21ClN4O. The van der Waals surface area contributed by atoms with E-state index in [1.807, 2.05) is 54.6 Å². The molecule has 0 unspecified atom stereocenters. The quantitative estimate of drug-likeness (QED) is 0.492. The first kappa shape index (κ1) is 20.0. The Bertz CT molecular complexity index is 1190. The average Bonchev–Trinajstić information content (AvgIpc) is 2.77. The Hall–Kier alpha value is -3.28. The fraction of sp³-hybridized carbons (Fsp3) is 0.125. The number of hydrogen-bond acceptors (Lipinski definition) is 4. The number of nitrogens with one attached hydrogen (secondary N) is 1. The smallest absolute Gasteiger partial charge is 0.251 e. The Morgan fingerprint density at radius 1 is 0.933 bits per heavy atom. The van der Waals surface area contributed by atoms with Crippen LogP contribution in [0, 0.1) is 0 Å². The molecule has 0 radical (unpaired) electrons. The van der Waals surface area contributed by atoms with Crippen molar-refractivity contribution in [2.75, 3.05) is 0 Å². The summed E-state index contributed by atoms with van der Waals surface area (Å²) in [5, 5.41) is 4.54. The summed E-state index contributed by atoms with van der Waals surface area (Å²) in [5.41, 5.74) is 11.1. The van der Waals surface area contributed by atoms with Crippen molar-refractivity contribution in [1.29, 1.82) is 0 Å². The lowest BCUT2D eigenvalue weighted by Crippen LogP contribution is -2.23. The largest absolute Gasteiger partial charge is 0.348 e. The monoisotopic (exact) mass is 416 g/mol. The van der Waals surface area contributed by atoms with E-state index in [9.17, 15) is 4.79 Å². The number of hydrogen-bond donors (Lipinski definition) is 2. The molecule has 0 saturated heterocycles. The van der Waals surface area contributed by atoms with E-state index >= 15 is 0 Å². The van der Waals surface area contributed by atoms with Gasteiger partial charge in [0.05, 0.1) is 10.5 Å². The van der Waals surface area contributed by atoms with Crippen molar-refractivity contribution >= 4 is 28.4 Å². The molecule has 0 fully saturated rings. The summed E-state index contributed by atoms with van der Waals surface area (Å²) in [6.45, 7) is 0.965. The van der Waals surface area contributed by atoms with Crippen molar-refractivity contribution in [3.63, 3.8) is 0 Å². The summed E-state index contributed by atoms with van der Waals surface area (Å²) < 4.78 is 0. The minimum Gasteiger partial charge on any atom is -0.348 e. The number of rotatable bonds is 6. The number of aromatic nitrogens is 2. The van der Waals surface area contributed by atoms with Crippen molar-refractivity contribution in [3.8, 4) is 0 Å². The lowest BCUT2D eigenvalue weighted by Gasteiger charge is -2.08. The number of pyridine rings is 2. The van der Waals surface area contributed by atoms with Crippen LogP contribution in [-0.2, 0) is 19.5 Å². The molecule has 0 aliphatic rings. The third-order valence-corrected chi connectivity index (χ3v) is 5.09. The van der Waals surface area contributed by atoms with Crippen molar-refractivity contribution in [2.45, 2.75) is 19.5 Å². The predicted molar refractivity (Wildman–Crippen MR) is 119 cm³/mol. The predicted octanol–water partition coefficient (Wildman–Crippen LogP) is 4.26. The highest BCUT2D eigenvalue weighted by Gasteiger charge is 2.08. The number of nitrogens with zero attached hydrogens (tertiary/aromatic N) is 2. The molecule has 0 spiro atoms. The first-order valence-corrected chi connectivity index (χ1v) is 10.0. The third-order valence-electron chi connectivity index (χ3n) is 4.89. The van der Waals surface area contributed by atoms with E-state index < -0.39 is 0 Å². The molecule has 0 saturated carbocycles. The summed E-state index contributed by atoms with van der Waals surface area (Å²) in [6.07, 6.45) is 3.92. The molecule has 2 aromatic carbocycles. The number of carbonyl (C=O) groups excluding carboxylic acids is 1. The molecule has 3 N–H and O–H groups in total. The highest BCUT2D eigenvalue weighted by Crippen LogP contribution is 2.20. The van der Waals surface area contributed by atoms with Gasteiger partial charge in [-0.05, 0) is 47.0 Å². The maximum absolute atomic E-state index is 12.6. The molecular weight excluding hydrogens is 396 g/mol. The van der Waals surface area contributed by atoms with E-state index in [1.54, 1.807) is 18.5 Å². The van der Waals surface area contributed by atoms with Crippen molar-refractivity contribution < 1.29 is 4.79 Å². The van der Waals surface area contributed by atoms with Gasteiger partial charge in [0.1, 0.15) is 0 Å². The van der Waals surface area contributed by atoms with Crippen LogP contribution in [0.15, 0.2) is 73.1 Å². The summed E-state index contributed by atoms with van der Waals surface area (Å²) in [7, 11) is 0. The molecule has 150 valence electrons. The Labute approximate surface area is 179 Å². The Balaban J connectivity index is 1.44. The van der Waals surface area contributed by atoms with E-state index in [4.69, 9.17) is 17.3 Å². The van der Waals surface area contributed by atoms with E-state index in [0.717, 1.165) is 33.3 Å². The fourth-order valence-electron chi connectivity index (χ4n) is 3.27. The van der Waals surface area contributed by atoms with Gasteiger partial charge in [-0.2, -0.15) is 0 Å². The van der Waals surface area contributed by atoms with Gasteiger partial charge in [0.25, 0.3) is 5.91 Å². The van der Waals surface area contributed by atoms with Crippen LogP contribution in [0.25, 0.3) is 10.9 Å². The zero-order valence-electron chi connectivity index (χ0n) is 16.3. The molecule has 30 heavy (non-hydrogen) atoms. The second-order valence-electron chi connectivity index (χ2n) is 7.10. The molecule has 0 aliphatic carbocycles. The second kappa shape index (κ2) is 9.03. The second-order valence-corrected chi connectivity index (χ2v) is 7.53. The number of amides is 1. The topological polar surface area (TPSA) is 80.9 Å². The zero-order valence-corrected chi connectivity index (χ0v) is 17.1. The minimum absolute atomic E-state index is 0.129. The lowest BCUT2D eigenvalue weighted by molar-refractivity contribution is 0.0950. The van der Waals surface area contributed by atoms with Gasteiger partial charge >= 0.3 is 0 Å². The molecule has 0 aliphatic heterocycles. The number of halogens is 1. The van der Waals surface area contributed by atoms with E-state index in [0.29, 0.717) is 30.1 Å². The summed E-state index contributed by atoms with van der Waals surface area (Å²) in [4.78, 5) is 21.3. The zero-order chi connectivity index (χ0) is 20.9. The van der Waals surface area contributed by atoms with Crippen LogP contribution in [0.3, 0.4) is 0 Å². The summed E-state index contributed by atoms with van der Waals surface area (Å²) in [5.74, 6) is -0.129. The lowest BCUT2D eigenvalue weighted by atomic mass is 10.0. The van der Waals surface area contributed by atoms with Crippen molar-refractivity contribution in [2.24, 2.45) is 5.73 Å². The number of benzene rings is 2. The molecule has 0 bridgehead atoms. The van der Waals surface area contributed by atoms with Crippen LogP contribution in [-0.4, -0.2) is 15.9 Å². The van der Waals surface area contributed by atoms with Gasteiger partial charge < -0.3 is 11.1 Å². The van der Waals surface area contributed by atoms with E-state index in [1.165, 1.54) is 0 Å². The summed E-state index contributed by atoms with van der Waals surface area (Å²) in [6, 6.07) is 19.4. The molecule has 6 heteroatoms.